The van der Waals surface area contributed by atoms with E-state index in [2.05, 4.69) is 31.0 Å². The fraction of sp³-hybridized carbons (Fsp3) is 0.733. The Kier molecular flexibility index (Phi) is 5.82. The summed E-state index contributed by atoms with van der Waals surface area (Å²) in [5.74, 6) is 0.762. The number of hydrogen-bond donors (Lipinski definition) is 1. The first-order valence-electron chi connectivity index (χ1n) is 7.31. The van der Waals surface area contributed by atoms with Gasteiger partial charge in [-0.3, -0.25) is 4.90 Å². The van der Waals surface area contributed by atoms with Gasteiger partial charge in [-0.05, 0) is 44.4 Å². The zero-order chi connectivity index (χ0) is 13.7. The van der Waals surface area contributed by atoms with Gasteiger partial charge in [0.15, 0.2) is 0 Å². The number of nitrogens with two attached hydrogens (primary N) is 1. The lowest BCUT2D eigenvalue weighted by molar-refractivity contribution is 0.0509. The van der Waals surface area contributed by atoms with Gasteiger partial charge in [-0.15, -0.1) is 11.3 Å². The summed E-state index contributed by atoms with van der Waals surface area (Å²) < 4.78 is 5.43. The summed E-state index contributed by atoms with van der Waals surface area (Å²) in [6.07, 6.45) is 3.49. The van der Waals surface area contributed by atoms with E-state index < -0.39 is 0 Å². The monoisotopic (exact) mass is 282 g/mol. The highest BCUT2D eigenvalue weighted by Crippen LogP contribution is 2.28. The molecule has 1 aromatic heterocycles. The van der Waals surface area contributed by atoms with Gasteiger partial charge in [-0.1, -0.05) is 6.92 Å². The number of ether oxygens (including phenoxy) is 1. The van der Waals surface area contributed by atoms with Crippen molar-refractivity contribution in [1.29, 1.82) is 0 Å². The summed E-state index contributed by atoms with van der Waals surface area (Å²) in [4.78, 5) is 5.29. The third kappa shape index (κ3) is 4.02. The Morgan fingerprint density at radius 2 is 2.16 bits per heavy atom. The molecule has 1 saturated heterocycles. The lowest BCUT2D eigenvalue weighted by Crippen LogP contribution is -2.35. The van der Waals surface area contributed by atoms with Crippen LogP contribution < -0.4 is 5.73 Å². The summed E-state index contributed by atoms with van der Waals surface area (Å²) in [7, 11) is 2.21. The van der Waals surface area contributed by atoms with Crippen molar-refractivity contribution in [2.75, 3.05) is 33.4 Å². The number of hydrogen-bond acceptors (Lipinski definition) is 4. The molecule has 2 heterocycles. The Morgan fingerprint density at radius 1 is 1.42 bits per heavy atom. The van der Waals surface area contributed by atoms with E-state index in [1.165, 1.54) is 22.6 Å². The molecule has 0 bridgehead atoms. The Hall–Kier alpha value is -0.420. The van der Waals surface area contributed by atoms with Gasteiger partial charge in [-0.25, -0.2) is 0 Å². The van der Waals surface area contributed by atoms with Gasteiger partial charge in [-0.2, -0.15) is 0 Å². The molecular formula is C15H26N2OS. The van der Waals surface area contributed by atoms with E-state index in [0.29, 0.717) is 12.6 Å². The van der Waals surface area contributed by atoms with Crippen molar-refractivity contribution in [1.82, 2.24) is 4.90 Å². The minimum absolute atomic E-state index is 0.369. The van der Waals surface area contributed by atoms with Gasteiger partial charge < -0.3 is 10.5 Å². The largest absolute Gasteiger partial charge is 0.381 e. The summed E-state index contributed by atoms with van der Waals surface area (Å²) >= 11 is 1.91. The summed E-state index contributed by atoms with van der Waals surface area (Å²) in [5, 5.41) is 0. The van der Waals surface area contributed by atoms with Crippen LogP contribution in [0.3, 0.4) is 0 Å². The van der Waals surface area contributed by atoms with E-state index in [1.54, 1.807) is 0 Å². The highest BCUT2D eigenvalue weighted by atomic mass is 32.1. The SMILES string of the molecule is CCc1ccc(C(CN)N(C)CC2CCOCC2)s1. The molecule has 1 aliphatic heterocycles. The molecule has 4 heteroatoms. The zero-order valence-corrected chi connectivity index (χ0v) is 12.9. The van der Waals surface area contributed by atoms with E-state index in [1.807, 2.05) is 11.3 Å². The minimum atomic E-state index is 0.369. The highest BCUT2D eigenvalue weighted by Gasteiger charge is 2.22. The second-order valence-electron chi connectivity index (χ2n) is 5.40. The molecule has 0 radical (unpaired) electrons. The van der Waals surface area contributed by atoms with Crippen molar-refractivity contribution >= 4 is 11.3 Å². The van der Waals surface area contributed by atoms with E-state index in [9.17, 15) is 0 Å². The van der Waals surface area contributed by atoms with Crippen molar-refractivity contribution < 1.29 is 4.74 Å². The van der Waals surface area contributed by atoms with Crippen LogP contribution in [0.4, 0.5) is 0 Å². The first-order valence-corrected chi connectivity index (χ1v) is 8.12. The van der Waals surface area contributed by atoms with Crippen molar-refractivity contribution in [3.63, 3.8) is 0 Å². The molecule has 1 aliphatic rings. The second-order valence-corrected chi connectivity index (χ2v) is 6.60. The molecule has 3 nitrogen and oxygen atoms in total. The third-order valence-corrected chi connectivity index (χ3v) is 5.33. The van der Waals surface area contributed by atoms with Crippen LogP contribution in [0.25, 0.3) is 0 Å². The van der Waals surface area contributed by atoms with Gasteiger partial charge >= 0.3 is 0 Å². The summed E-state index contributed by atoms with van der Waals surface area (Å²) in [6, 6.07) is 4.86. The molecular weight excluding hydrogens is 256 g/mol. The molecule has 1 aromatic rings. The quantitative estimate of drug-likeness (QED) is 0.872. The van der Waals surface area contributed by atoms with E-state index in [0.717, 1.165) is 32.1 Å². The average Bonchev–Trinajstić information content (AvgIpc) is 2.89. The molecule has 0 aliphatic carbocycles. The Morgan fingerprint density at radius 3 is 2.74 bits per heavy atom. The number of likely N-dealkylation sites (N-methyl/N-ethyl adjacent to an activating group) is 1. The van der Waals surface area contributed by atoms with E-state index >= 15 is 0 Å². The number of thiophene rings is 1. The fourth-order valence-electron chi connectivity index (χ4n) is 2.74. The van der Waals surface area contributed by atoms with Crippen molar-refractivity contribution in [3.05, 3.63) is 21.9 Å². The Balaban J connectivity index is 1.95. The fourth-order valence-corrected chi connectivity index (χ4v) is 3.87. The molecule has 0 saturated carbocycles. The van der Waals surface area contributed by atoms with E-state index in [-0.39, 0.29) is 0 Å². The zero-order valence-electron chi connectivity index (χ0n) is 12.1. The number of rotatable bonds is 6. The maximum Gasteiger partial charge on any atom is 0.0562 e. The standard InChI is InChI=1S/C15H26N2OS/c1-3-13-4-5-15(19-13)14(10-16)17(2)11-12-6-8-18-9-7-12/h4-5,12,14H,3,6-11,16H2,1-2H3. The Labute approximate surface area is 120 Å². The lowest BCUT2D eigenvalue weighted by atomic mass is 9.99. The topological polar surface area (TPSA) is 38.5 Å². The summed E-state index contributed by atoms with van der Waals surface area (Å²) in [6.45, 7) is 5.88. The van der Waals surface area contributed by atoms with E-state index in [4.69, 9.17) is 10.5 Å². The maximum absolute atomic E-state index is 6.00. The van der Waals surface area contributed by atoms with Crippen molar-refractivity contribution in [3.8, 4) is 0 Å². The maximum atomic E-state index is 6.00. The third-order valence-electron chi connectivity index (χ3n) is 4.00. The van der Waals surface area contributed by atoms with Crippen LogP contribution in [0, 0.1) is 5.92 Å². The van der Waals surface area contributed by atoms with Crippen LogP contribution >= 0.6 is 11.3 Å². The molecule has 0 aromatic carbocycles. The molecule has 2 N–H and O–H groups in total. The van der Waals surface area contributed by atoms with Gasteiger partial charge in [0.05, 0.1) is 6.04 Å². The smallest absolute Gasteiger partial charge is 0.0562 e. The van der Waals surface area contributed by atoms with Crippen LogP contribution in [0.5, 0.6) is 0 Å². The van der Waals surface area contributed by atoms with Crippen LogP contribution in [0.2, 0.25) is 0 Å². The van der Waals surface area contributed by atoms with Crippen LogP contribution in [-0.4, -0.2) is 38.3 Å². The molecule has 1 fully saturated rings. The normalized spacial score (nSPS) is 18.9. The molecule has 0 spiro atoms. The molecule has 19 heavy (non-hydrogen) atoms. The van der Waals surface area contributed by atoms with Crippen LogP contribution in [0.15, 0.2) is 12.1 Å². The van der Waals surface area contributed by atoms with Gasteiger partial charge in [0.25, 0.3) is 0 Å². The van der Waals surface area contributed by atoms with Gasteiger partial charge in [0, 0.05) is 36.1 Å². The van der Waals surface area contributed by atoms with Crippen molar-refractivity contribution in [2.45, 2.75) is 32.2 Å². The van der Waals surface area contributed by atoms with Gasteiger partial charge in [0.1, 0.15) is 0 Å². The second kappa shape index (κ2) is 7.39. The predicted molar refractivity (Wildman–Crippen MR) is 81.7 cm³/mol. The Bertz CT molecular complexity index is 374. The van der Waals surface area contributed by atoms with Crippen LogP contribution in [-0.2, 0) is 11.2 Å². The van der Waals surface area contributed by atoms with Crippen LogP contribution in [0.1, 0.15) is 35.6 Å². The molecule has 1 unspecified atom stereocenters. The lowest BCUT2D eigenvalue weighted by Gasteiger charge is -2.31. The van der Waals surface area contributed by atoms with Crippen molar-refractivity contribution in [2.24, 2.45) is 11.7 Å². The highest BCUT2D eigenvalue weighted by molar-refractivity contribution is 7.12. The predicted octanol–water partition coefficient (Wildman–Crippen LogP) is 2.67. The molecule has 108 valence electrons. The first kappa shape index (κ1) is 15.0. The average molecular weight is 282 g/mol. The van der Waals surface area contributed by atoms with Gasteiger partial charge in [0.2, 0.25) is 0 Å². The molecule has 0 amide bonds. The number of aryl methyl sites for hydroxylation is 1. The molecule has 1 atom stereocenters. The first-order chi connectivity index (χ1) is 9.24. The minimum Gasteiger partial charge on any atom is -0.381 e. The summed E-state index contributed by atoms with van der Waals surface area (Å²) in [5.41, 5.74) is 6.00. The molecule has 2 rings (SSSR count). The number of nitrogens with zero attached hydrogens (tertiary/aromatic N) is 1.